The highest BCUT2D eigenvalue weighted by Gasteiger charge is 2.44. The van der Waals surface area contributed by atoms with Gasteiger partial charge in [0.25, 0.3) is 0 Å². The monoisotopic (exact) mass is 488 g/mol. The van der Waals surface area contributed by atoms with Crippen molar-refractivity contribution in [3.8, 4) is 11.8 Å². The van der Waals surface area contributed by atoms with Gasteiger partial charge in [-0.3, -0.25) is 0 Å². The molecule has 1 aromatic rings. The Kier molecular flexibility index (Phi) is 10.1. The van der Waals surface area contributed by atoms with Gasteiger partial charge >= 0.3 is 5.97 Å². The number of carbonyl (C=O) groups is 1. The largest absolute Gasteiger partial charge is 0.366 e. The summed E-state index contributed by atoms with van der Waals surface area (Å²) in [6, 6.07) is 8.18. The third-order valence-electron chi connectivity index (χ3n) is 5.77. The van der Waals surface area contributed by atoms with Crippen LogP contribution in [-0.2, 0) is 19.5 Å². The molecule has 1 aromatic carbocycles. The fourth-order valence-corrected chi connectivity index (χ4v) is 3.98. The van der Waals surface area contributed by atoms with Crippen LogP contribution in [0.3, 0.4) is 0 Å². The summed E-state index contributed by atoms with van der Waals surface area (Å²) in [7, 11) is -3.56. The van der Waals surface area contributed by atoms with Gasteiger partial charge in [-0.05, 0) is 43.0 Å². The zero-order valence-corrected chi connectivity index (χ0v) is 20.5. The summed E-state index contributed by atoms with van der Waals surface area (Å²) in [5.74, 6) is 6.21. The third kappa shape index (κ3) is 6.47. The summed E-state index contributed by atoms with van der Waals surface area (Å²) in [6.07, 6.45) is 3.98. The number of nitrogens with one attached hydrogen (secondary N) is 1. The van der Waals surface area contributed by atoms with Crippen molar-refractivity contribution in [1.29, 1.82) is 0 Å². The van der Waals surface area contributed by atoms with E-state index in [1.54, 1.807) is 6.92 Å². The molecular formula is C22H30Cl2N2O4S. The molecule has 0 bridgehead atoms. The molecule has 1 fully saturated rings. The molecule has 0 saturated carbocycles. The van der Waals surface area contributed by atoms with Gasteiger partial charge in [0, 0.05) is 37.4 Å². The van der Waals surface area contributed by atoms with Crippen LogP contribution in [-0.4, -0.2) is 56.6 Å². The Morgan fingerprint density at radius 1 is 1.26 bits per heavy atom. The number of benzene rings is 1. The molecule has 9 heteroatoms. The molecule has 172 valence electrons. The molecule has 1 saturated heterocycles. The summed E-state index contributed by atoms with van der Waals surface area (Å²) in [4.78, 5) is 17.8. The second-order valence-corrected chi connectivity index (χ2v) is 10.2. The Morgan fingerprint density at radius 2 is 1.90 bits per heavy atom. The number of halogens is 2. The molecule has 1 unspecified atom stereocenters. The minimum Gasteiger partial charge on any atom is -0.366 e. The maximum atomic E-state index is 12.5. The first-order chi connectivity index (χ1) is 13.7. The van der Waals surface area contributed by atoms with Crippen molar-refractivity contribution in [3.63, 3.8) is 0 Å². The molecule has 0 amide bonds. The van der Waals surface area contributed by atoms with E-state index in [4.69, 9.17) is 4.84 Å². The summed E-state index contributed by atoms with van der Waals surface area (Å²) in [5, 5.41) is 4.73. The molecule has 1 atom stereocenters. The number of hydrogen-bond donors (Lipinski definition) is 1. The summed E-state index contributed by atoms with van der Waals surface area (Å²) in [6.45, 7) is 6.00. The maximum absolute atomic E-state index is 12.5. The molecule has 0 aliphatic carbocycles. The van der Waals surface area contributed by atoms with Gasteiger partial charge in [0.15, 0.2) is 14.6 Å². The highest BCUT2D eigenvalue weighted by molar-refractivity contribution is 7.92. The second-order valence-electron chi connectivity index (χ2n) is 7.80. The zero-order valence-electron chi connectivity index (χ0n) is 18.0. The van der Waals surface area contributed by atoms with E-state index in [0.29, 0.717) is 25.4 Å². The number of sulfone groups is 1. The minimum atomic E-state index is -3.56. The lowest BCUT2D eigenvalue weighted by atomic mass is 9.98. The van der Waals surface area contributed by atoms with Gasteiger partial charge in [-0.25, -0.2) is 13.2 Å². The van der Waals surface area contributed by atoms with Crippen LogP contribution in [0, 0.1) is 17.8 Å². The summed E-state index contributed by atoms with van der Waals surface area (Å²) in [5.41, 5.74) is 3.31. The average molecular weight is 489 g/mol. The van der Waals surface area contributed by atoms with Gasteiger partial charge in [-0.1, -0.05) is 37.0 Å². The normalized spacial score (nSPS) is 18.6. The standard InChI is InChI=1S/C22H28N2O4S.2ClH/c1-4-22(2,29(3,26)27)21(25)28-24-13-11-20(12-14-24)19-9-7-17(8-10-19)5-6-18-15-23-16-18;;/h7-11,18,23H,4,12-16H2,1-3H3;2*1H. The van der Waals surface area contributed by atoms with Crippen molar-refractivity contribution >= 4 is 46.2 Å². The molecule has 3 rings (SSSR count). The zero-order chi connectivity index (χ0) is 21.1. The van der Waals surface area contributed by atoms with Gasteiger partial charge in [0.05, 0.1) is 6.54 Å². The highest BCUT2D eigenvalue weighted by atomic mass is 35.5. The lowest BCUT2D eigenvalue weighted by molar-refractivity contribution is -0.191. The Hall–Kier alpha value is -1.56. The van der Waals surface area contributed by atoms with Gasteiger partial charge in [-0.2, -0.15) is 0 Å². The Bertz CT molecular complexity index is 963. The highest BCUT2D eigenvalue weighted by Crippen LogP contribution is 2.26. The smallest absolute Gasteiger partial charge is 0.346 e. The van der Waals surface area contributed by atoms with Crippen LogP contribution < -0.4 is 5.32 Å². The van der Waals surface area contributed by atoms with Crippen LogP contribution in [0.15, 0.2) is 30.3 Å². The average Bonchev–Trinajstić information content (AvgIpc) is 2.66. The fraction of sp³-hybridized carbons (Fsp3) is 0.500. The van der Waals surface area contributed by atoms with Gasteiger partial charge < -0.3 is 10.2 Å². The van der Waals surface area contributed by atoms with Crippen LogP contribution in [0.5, 0.6) is 0 Å². The molecule has 2 aliphatic rings. The Morgan fingerprint density at radius 3 is 2.35 bits per heavy atom. The number of hydrogen-bond acceptors (Lipinski definition) is 6. The van der Waals surface area contributed by atoms with Crippen LogP contribution in [0.4, 0.5) is 0 Å². The van der Waals surface area contributed by atoms with Crippen LogP contribution in [0.1, 0.15) is 37.8 Å². The lowest BCUT2D eigenvalue weighted by Crippen LogP contribution is -2.47. The molecule has 31 heavy (non-hydrogen) atoms. The fourth-order valence-electron chi connectivity index (χ4n) is 3.11. The van der Waals surface area contributed by atoms with Gasteiger partial charge in [-0.15, -0.1) is 29.9 Å². The molecule has 1 N–H and O–H groups in total. The first-order valence-electron chi connectivity index (χ1n) is 9.91. The molecule has 2 heterocycles. The van der Waals surface area contributed by atoms with E-state index in [2.05, 4.69) is 29.3 Å². The third-order valence-corrected chi connectivity index (χ3v) is 7.86. The number of hydroxylamine groups is 2. The van der Waals surface area contributed by atoms with E-state index in [1.165, 1.54) is 17.6 Å². The number of carbonyl (C=O) groups excluding carboxylic acids is 1. The molecular weight excluding hydrogens is 459 g/mol. The minimum absolute atomic E-state index is 0. The van der Waals surface area contributed by atoms with Crippen molar-refractivity contribution in [2.24, 2.45) is 5.92 Å². The van der Waals surface area contributed by atoms with E-state index in [-0.39, 0.29) is 31.2 Å². The first kappa shape index (κ1) is 27.5. The van der Waals surface area contributed by atoms with E-state index >= 15 is 0 Å². The second kappa shape index (κ2) is 11.3. The van der Waals surface area contributed by atoms with Crippen molar-refractivity contribution in [3.05, 3.63) is 41.5 Å². The van der Waals surface area contributed by atoms with Crippen molar-refractivity contribution in [1.82, 2.24) is 10.4 Å². The quantitative estimate of drug-likeness (QED) is 0.642. The lowest BCUT2D eigenvalue weighted by Gasteiger charge is -2.30. The van der Waals surface area contributed by atoms with E-state index in [1.807, 2.05) is 18.2 Å². The van der Waals surface area contributed by atoms with E-state index in [0.717, 1.165) is 30.5 Å². The van der Waals surface area contributed by atoms with Crippen LogP contribution in [0.25, 0.3) is 5.57 Å². The maximum Gasteiger partial charge on any atom is 0.346 e. The SMILES string of the molecule is CCC(C)(C(=O)ON1CC=C(c2ccc(C#CC3CNC3)cc2)CC1)S(C)(=O)=O.Cl.Cl. The van der Waals surface area contributed by atoms with E-state index in [9.17, 15) is 13.2 Å². The first-order valence-corrected chi connectivity index (χ1v) is 11.8. The Balaban J connectivity index is 0.00000240. The van der Waals surface area contributed by atoms with Crippen LogP contribution in [0.2, 0.25) is 0 Å². The van der Waals surface area contributed by atoms with Gasteiger partial charge in [0.1, 0.15) is 0 Å². The van der Waals surface area contributed by atoms with Crippen molar-refractivity contribution in [2.45, 2.75) is 31.4 Å². The molecule has 0 aromatic heterocycles. The predicted molar refractivity (Wildman–Crippen MR) is 128 cm³/mol. The van der Waals surface area contributed by atoms with Crippen molar-refractivity contribution < 1.29 is 18.0 Å². The summed E-state index contributed by atoms with van der Waals surface area (Å²) < 4.78 is 22.5. The van der Waals surface area contributed by atoms with Crippen molar-refractivity contribution in [2.75, 3.05) is 32.4 Å². The van der Waals surface area contributed by atoms with E-state index < -0.39 is 20.6 Å². The number of nitrogens with zero attached hydrogens (tertiary/aromatic N) is 1. The molecule has 0 spiro atoms. The molecule has 0 radical (unpaired) electrons. The van der Waals surface area contributed by atoms with Gasteiger partial charge in [0.2, 0.25) is 0 Å². The topological polar surface area (TPSA) is 75.7 Å². The Labute approximate surface area is 197 Å². The molecule has 2 aliphatic heterocycles. The predicted octanol–water partition coefficient (Wildman–Crippen LogP) is 2.86. The van der Waals surface area contributed by atoms with Crippen LogP contribution >= 0.6 is 24.8 Å². The number of rotatable bonds is 5. The summed E-state index contributed by atoms with van der Waals surface area (Å²) >= 11 is 0. The molecule has 6 nitrogen and oxygen atoms in total.